The fourth-order valence-electron chi connectivity index (χ4n) is 2.30. The summed E-state index contributed by atoms with van der Waals surface area (Å²) in [4.78, 5) is 41.1. The van der Waals surface area contributed by atoms with Crippen molar-refractivity contribution >= 4 is 40.6 Å². The number of aromatic amines is 2. The first-order valence-electron chi connectivity index (χ1n) is 7.42. The maximum absolute atomic E-state index is 12.2. The lowest BCUT2D eigenvalue weighted by atomic mass is 10.1. The van der Waals surface area contributed by atoms with Crippen LogP contribution in [0.4, 0.5) is 5.69 Å². The van der Waals surface area contributed by atoms with Crippen LogP contribution in [0.2, 0.25) is 0 Å². The third kappa shape index (κ3) is 3.99. The number of carbonyl (C=O) groups excluding carboxylic acids is 2. The Morgan fingerprint density at radius 3 is 2.56 bits per heavy atom. The zero-order valence-electron chi connectivity index (χ0n) is 13.0. The van der Waals surface area contributed by atoms with E-state index >= 15 is 0 Å². The van der Waals surface area contributed by atoms with Crippen molar-refractivity contribution in [2.45, 2.75) is 0 Å². The van der Waals surface area contributed by atoms with Crippen molar-refractivity contribution in [1.29, 1.82) is 0 Å². The molecule has 0 atom stereocenters. The lowest BCUT2D eigenvalue weighted by Gasteiger charge is -2.07. The molecule has 0 radical (unpaired) electrons. The third-order valence-electron chi connectivity index (χ3n) is 3.47. The molecule has 2 aromatic carbocycles. The van der Waals surface area contributed by atoms with E-state index in [1.807, 2.05) is 6.07 Å². The van der Waals surface area contributed by atoms with Crippen LogP contribution >= 0.6 is 12.2 Å². The fraction of sp³-hybridized carbons (Fsp3) is 0.0588. The largest absolute Gasteiger partial charge is 0.343 e. The maximum atomic E-state index is 12.2. The van der Waals surface area contributed by atoms with Gasteiger partial charge in [0.25, 0.3) is 11.5 Å². The van der Waals surface area contributed by atoms with Crippen molar-refractivity contribution in [3.8, 4) is 0 Å². The summed E-state index contributed by atoms with van der Waals surface area (Å²) in [5.74, 6) is -0.763. The van der Waals surface area contributed by atoms with Crippen molar-refractivity contribution in [2.24, 2.45) is 0 Å². The normalized spacial score (nSPS) is 10.4. The van der Waals surface area contributed by atoms with E-state index in [9.17, 15) is 14.4 Å². The standard InChI is InChI=1S/C17H14N4O3S/c22-14(19-11-4-2-1-3-5-11)9-18-15(23)10-6-7-12-13(8-10)20-17(25)21-16(12)24/h1-8H,9H2,(H,18,23)(H,19,22)(H2,20,21,24,25). The monoisotopic (exact) mass is 354 g/mol. The van der Waals surface area contributed by atoms with Crippen LogP contribution < -0.4 is 16.2 Å². The van der Waals surface area contributed by atoms with E-state index in [0.29, 0.717) is 22.2 Å². The Bertz CT molecular complexity index is 1060. The van der Waals surface area contributed by atoms with E-state index in [1.54, 1.807) is 24.3 Å². The number of H-pyrrole nitrogens is 2. The average Bonchev–Trinajstić information content (AvgIpc) is 2.60. The Kier molecular flexibility index (Phi) is 4.71. The first-order valence-corrected chi connectivity index (χ1v) is 7.83. The molecule has 25 heavy (non-hydrogen) atoms. The molecule has 4 N–H and O–H groups in total. The first-order chi connectivity index (χ1) is 12.0. The van der Waals surface area contributed by atoms with Gasteiger partial charge in [-0.25, -0.2) is 0 Å². The molecule has 1 aromatic heterocycles. The summed E-state index contributed by atoms with van der Waals surface area (Å²) < 4.78 is 0.178. The molecule has 126 valence electrons. The second kappa shape index (κ2) is 7.10. The molecule has 2 amide bonds. The molecule has 7 nitrogen and oxygen atoms in total. The van der Waals surface area contributed by atoms with Gasteiger partial charge in [0.15, 0.2) is 4.77 Å². The van der Waals surface area contributed by atoms with Crippen molar-refractivity contribution in [3.63, 3.8) is 0 Å². The van der Waals surface area contributed by atoms with E-state index in [2.05, 4.69) is 20.6 Å². The zero-order chi connectivity index (χ0) is 17.8. The number of aromatic nitrogens is 2. The van der Waals surface area contributed by atoms with E-state index < -0.39 is 5.91 Å². The smallest absolute Gasteiger partial charge is 0.259 e. The number of hydrogen-bond acceptors (Lipinski definition) is 4. The van der Waals surface area contributed by atoms with Crippen LogP contribution in [0.3, 0.4) is 0 Å². The van der Waals surface area contributed by atoms with Crippen LogP contribution in [-0.2, 0) is 4.79 Å². The predicted octanol–water partition coefficient (Wildman–Crippen LogP) is 1.95. The van der Waals surface area contributed by atoms with E-state index in [-0.39, 0.29) is 22.8 Å². The summed E-state index contributed by atoms with van der Waals surface area (Å²) >= 11 is 4.92. The highest BCUT2D eigenvalue weighted by atomic mass is 32.1. The van der Waals surface area contributed by atoms with Crippen LogP contribution in [0.1, 0.15) is 10.4 Å². The van der Waals surface area contributed by atoms with Crippen LogP contribution in [0, 0.1) is 4.77 Å². The molecular weight excluding hydrogens is 340 g/mol. The van der Waals surface area contributed by atoms with Gasteiger partial charge in [-0.15, -0.1) is 0 Å². The van der Waals surface area contributed by atoms with E-state index in [4.69, 9.17) is 12.2 Å². The van der Waals surface area contributed by atoms with Crippen LogP contribution in [0.25, 0.3) is 10.9 Å². The molecule has 0 saturated carbocycles. The summed E-state index contributed by atoms with van der Waals surface area (Å²) in [7, 11) is 0. The SMILES string of the molecule is O=C(CNC(=O)c1ccc2c(=O)[nH]c(=S)[nH]c2c1)Nc1ccccc1. The molecule has 1 heterocycles. The van der Waals surface area contributed by atoms with Crippen molar-refractivity contribution in [1.82, 2.24) is 15.3 Å². The minimum absolute atomic E-state index is 0.170. The summed E-state index contributed by atoms with van der Waals surface area (Å²) in [5, 5.41) is 5.61. The minimum atomic E-state index is -0.426. The number of fused-ring (bicyclic) bond motifs is 1. The molecule has 0 fully saturated rings. The Hall–Kier alpha value is -3.26. The number of nitrogens with one attached hydrogen (secondary N) is 4. The van der Waals surface area contributed by atoms with Crippen molar-refractivity contribution in [2.75, 3.05) is 11.9 Å². The molecule has 0 aliphatic carbocycles. The van der Waals surface area contributed by atoms with Gasteiger partial charge in [0, 0.05) is 11.3 Å². The number of anilines is 1. The van der Waals surface area contributed by atoms with Crippen LogP contribution in [-0.4, -0.2) is 28.3 Å². The van der Waals surface area contributed by atoms with Gasteiger partial charge in [0.1, 0.15) is 0 Å². The zero-order valence-corrected chi connectivity index (χ0v) is 13.8. The molecule has 8 heteroatoms. The Labute approximate surface area is 147 Å². The van der Waals surface area contributed by atoms with Gasteiger partial charge in [-0.05, 0) is 42.5 Å². The molecule has 0 unspecified atom stereocenters. The maximum Gasteiger partial charge on any atom is 0.259 e. The van der Waals surface area contributed by atoms with Gasteiger partial charge in [0.2, 0.25) is 5.91 Å². The van der Waals surface area contributed by atoms with E-state index in [1.165, 1.54) is 18.2 Å². The van der Waals surface area contributed by atoms with Gasteiger partial charge >= 0.3 is 0 Å². The minimum Gasteiger partial charge on any atom is -0.343 e. The van der Waals surface area contributed by atoms with Gasteiger partial charge in [0.05, 0.1) is 17.4 Å². The highest BCUT2D eigenvalue weighted by Crippen LogP contribution is 2.10. The summed E-state index contributed by atoms with van der Waals surface area (Å²) in [6.07, 6.45) is 0. The Morgan fingerprint density at radius 1 is 1.04 bits per heavy atom. The van der Waals surface area contributed by atoms with Gasteiger partial charge in [-0.1, -0.05) is 18.2 Å². The Morgan fingerprint density at radius 2 is 1.80 bits per heavy atom. The highest BCUT2D eigenvalue weighted by Gasteiger charge is 2.10. The molecule has 0 spiro atoms. The number of amides is 2. The van der Waals surface area contributed by atoms with Gasteiger partial charge in [-0.2, -0.15) is 0 Å². The average molecular weight is 354 g/mol. The number of para-hydroxylation sites is 1. The van der Waals surface area contributed by atoms with Crippen molar-refractivity contribution in [3.05, 3.63) is 69.2 Å². The number of carbonyl (C=O) groups is 2. The molecule has 0 saturated heterocycles. The summed E-state index contributed by atoms with van der Waals surface area (Å²) in [6, 6.07) is 13.5. The first kappa shape index (κ1) is 16.6. The summed E-state index contributed by atoms with van der Waals surface area (Å²) in [5.41, 5.74) is 1.10. The number of hydrogen-bond donors (Lipinski definition) is 4. The van der Waals surface area contributed by atoms with Gasteiger partial charge in [-0.3, -0.25) is 19.4 Å². The Balaban J connectivity index is 1.69. The number of benzene rings is 2. The lowest BCUT2D eigenvalue weighted by Crippen LogP contribution is -2.32. The molecule has 0 aliphatic heterocycles. The van der Waals surface area contributed by atoms with Crippen LogP contribution in [0.5, 0.6) is 0 Å². The molecule has 3 rings (SSSR count). The molecule has 3 aromatic rings. The second-order valence-corrected chi connectivity index (χ2v) is 5.67. The van der Waals surface area contributed by atoms with Crippen molar-refractivity contribution < 1.29 is 9.59 Å². The topological polar surface area (TPSA) is 107 Å². The molecular formula is C17H14N4O3S. The molecule has 0 bridgehead atoms. The highest BCUT2D eigenvalue weighted by molar-refractivity contribution is 7.71. The van der Waals surface area contributed by atoms with Gasteiger partial charge < -0.3 is 15.6 Å². The predicted molar refractivity (Wildman–Crippen MR) is 97.2 cm³/mol. The molecule has 0 aliphatic rings. The third-order valence-corrected chi connectivity index (χ3v) is 3.67. The van der Waals surface area contributed by atoms with E-state index in [0.717, 1.165) is 0 Å². The summed E-state index contributed by atoms with van der Waals surface area (Å²) in [6.45, 7) is -0.170. The quantitative estimate of drug-likeness (QED) is 0.537. The lowest BCUT2D eigenvalue weighted by molar-refractivity contribution is -0.115. The van der Waals surface area contributed by atoms with Crippen LogP contribution in [0.15, 0.2) is 53.3 Å². The fourth-order valence-corrected chi connectivity index (χ4v) is 2.50. The second-order valence-electron chi connectivity index (χ2n) is 5.27. The number of rotatable bonds is 4.